The maximum atomic E-state index is 9.64. The van der Waals surface area contributed by atoms with Gasteiger partial charge in [-0.1, -0.05) is 12.2 Å². The quantitative estimate of drug-likeness (QED) is 0.759. The van der Waals surface area contributed by atoms with Crippen LogP contribution in [0.1, 0.15) is 44.9 Å². The molecule has 92 valence electrons. The van der Waals surface area contributed by atoms with Crippen LogP contribution in [0, 0.1) is 34.5 Å². The first-order chi connectivity index (χ1) is 8.19. The Bertz CT molecular complexity index is 330. The third kappa shape index (κ3) is 2.13. The number of nitrogens with zero attached hydrogens (tertiary/aromatic N) is 1. The molecule has 0 heterocycles. The smallest absolute Gasteiger partial charge is 0.0851 e. The van der Waals surface area contributed by atoms with Crippen molar-refractivity contribution in [1.29, 1.82) is 5.26 Å². The Labute approximate surface area is 103 Å². The summed E-state index contributed by atoms with van der Waals surface area (Å²) in [6.45, 7) is 0. The molecular formula is C15H21NO. The molecule has 0 aromatic heterocycles. The summed E-state index contributed by atoms with van der Waals surface area (Å²) in [5.41, 5.74) is 0.380. The molecule has 0 aromatic carbocycles. The molecule has 1 unspecified atom stereocenters. The monoisotopic (exact) mass is 231 g/mol. The zero-order valence-corrected chi connectivity index (χ0v) is 10.3. The van der Waals surface area contributed by atoms with Crippen LogP contribution in [0.3, 0.4) is 0 Å². The third-order valence-corrected chi connectivity index (χ3v) is 5.06. The molecule has 4 fully saturated rings. The molecular weight excluding hydrogens is 210 g/mol. The fourth-order valence-electron chi connectivity index (χ4n) is 4.86. The van der Waals surface area contributed by atoms with E-state index in [0.29, 0.717) is 5.41 Å². The molecule has 4 bridgehead atoms. The average Bonchev–Trinajstić information content (AvgIpc) is 2.25. The fraction of sp³-hybridized carbons (Fsp3) is 0.800. The van der Waals surface area contributed by atoms with Gasteiger partial charge in [0.25, 0.3) is 0 Å². The molecule has 0 saturated heterocycles. The van der Waals surface area contributed by atoms with Crippen molar-refractivity contribution in [2.24, 2.45) is 23.2 Å². The number of allylic oxidation sites excluding steroid dienone is 1. The van der Waals surface area contributed by atoms with Gasteiger partial charge in [0.05, 0.1) is 18.6 Å². The van der Waals surface area contributed by atoms with Gasteiger partial charge in [0.2, 0.25) is 0 Å². The number of hydrogen-bond acceptors (Lipinski definition) is 2. The van der Waals surface area contributed by atoms with Crippen molar-refractivity contribution in [1.82, 2.24) is 0 Å². The molecule has 0 amide bonds. The lowest BCUT2D eigenvalue weighted by atomic mass is 9.49. The first kappa shape index (κ1) is 11.3. The van der Waals surface area contributed by atoms with Crippen molar-refractivity contribution in [2.75, 3.05) is 0 Å². The van der Waals surface area contributed by atoms with Gasteiger partial charge in [-0.25, -0.2) is 0 Å². The molecule has 4 aliphatic carbocycles. The number of nitriles is 1. The Hall–Kier alpha value is -0.810. The molecule has 0 aliphatic heterocycles. The average molecular weight is 231 g/mol. The van der Waals surface area contributed by atoms with Crippen LogP contribution < -0.4 is 0 Å². The van der Waals surface area contributed by atoms with Crippen LogP contribution in [0.5, 0.6) is 0 Å². The van der Waals surface area contributed by atoms with Crippen molar-refractivity contribution < 1.29 is 5.11 Å². The molecule has 0 aromatic rings. The maximum Gasteiger partial charge on any atom is 0.0851 e. The summed E-state index contributed by atoms with van der Waals surface area (Å²) >= 11 is 0. The van der Waals surface area contributed by atoms with E-state index < -0.39 is 6.10 Å². The van der Waals surface area contributed by atoms with Gasteiger partial charge in [-0.2, -0.15) is 5.26 Å². The molecule has 0 radical (unpaired) electrons. The second-order valence-electron chi connectivity index (χ2n) is 6.57. The Kier molecular flexibility index (Phi) is 2.75. The molecule has 2 heteroatoms. The summed E-state index contributed by atoms with van der Waals surface area (Å²) in [7, 11) is 0. The molecule has 2 nitrogen and oxygen atoms in total. The van der Waals surface area contributed by atoms with Gasteiger partial charge < -0.3 is 5.11 Å². The number of rotatable bonds is 3. The second kappa shape index (κ2) is 4.14. The molecule has 4 aliphatic rings. The van der Waals surface area contributed by atoms with Crippen molar-refractivity contribution >= 4 is 0 Å². The summed E-state index contributed by atoms with van der Waals surface area (Å²) in [6.07, 6.45) is 12.2. The topological polar surface area (TPSA) is 44.0 Å². The van der Waals surface area contributed by atoms with Crippen LogP contribution in [0.4, 0.5) is 0 Å². The normalized spacial score (nSPS) is 45.1. The summed E-state index contributed by atoms with van der Waals surface area (Å²) in [6, 6.07) is 2.02. The van der Waals surface area contributed by atoms with Gasteiger partial charge in [0.1, 0.15) is 0 Å². The Morgan fingerprint density at radius 3 is 2.18 bits per heavy atom. The van der Waals surface area contributed by atoms with Crippen molar-refractivity contribution in [3.8, 4) is 6.07 Å². The number of aliphatic hydroxyl groups excluding tert-OH is 1. The van der Waals surface area contributed by atoms with Crippen LogP contribution in [-0.4, -0.2) is 11.2 Å². The zero-order valence-electron chi connectivity index (χ0n) is 10.3. The van der Waals surface area contributed by atoms with E-state index in [-0.39, 0.29) is 6.42 Å². The predicted octanol–water partition coefficient (Wildman–Crippen LogP) is 3.03. The molecule has 0 spiro atoms. The summed E-state index contributed by atoms with van der Waals surface area (Å²) in [5.74, 6) is 2.83. The highest BCUT2D eigenvalue weighted by Crippen LogP contribution is 2.60. The van der Waals surface area contributed by atoms with Crippen LogP contribution in [0.15, 0.2) is 12.2 Å². The van der Waals surface area contributed by atoms with E-state index in [1.54, 1.807) is 0 Å². The van der Waals surface area contributed by atoms with E-state index in [0.717, 1.165) is 17.8 Å². The highest BCUT2D eigenvalue weighted by atomic mass is 16.3. The minimum Gasteiger partial charge on any atom is -0.388 e. The first-order valence-electron chi connectivity index (χ1n) is 6.93. The molecule has 1 atom stereocenters. The van der Waals surface area contributed by atoms with Gasteiger partial charge in [-0.3, -0.25) is 0 Å². The summed E-state index contributed by atoms with van der Waals surface area (Å²) < 4.78 is 0. The lowest BCUT2D eigenvalue weighted by Gasteiger charge is -2.56. The van der Waals surface area contributed by atoms with Crippen molar-refractivity contribution in [3.63, 3.8) is 0 Å². The second-order valence-corrected chi connectivity index (χ2v) is 6.57. The minimum atomic E-state index is -0.562. The van der Waals surface area contributed by atoms with E-state index in [1.165, 1.54) is 38.5 Å². The molecule has 4 rings (SSSR count). The fourth-order valence-corrected chi connectivity index (χ4v) is 4.86. The van der Waals surface area contributed by atoms with E-state index in [1.807, 2.05) is 12.1 Å². The first-order valence-corrected chi connectivity index (χ1v) is 6.93. The van der Waals surface area contributed by atoms with Crippen LogP contribution >= 0.6 is 0 Å². The molecule has 17 heavy (non-hydrogen) atoms. The third-order valence-electron chi connectivity index (χ3n) is 5.06. The predicted molar refractivity (Wildman–Crippen MR) is 66.0 cm³/mol. The zero-order chi connectivity index (χ0) is 11.9. The molecule has 1 N–H and O–H groups in total. The minimum absolute atomic E-state index is 0.225. The van der Waals surface area contributed by atoms with Crippen LogP contribution in [-0.2, 0) is 0 Å². The van der Waals surface area contributed by atoms with Crippen molar-refractivity contribution in [2.45, 2.75) is 51.0 Å². The van der Waals surface area contributed by atoms with Gasteiger partial charge >= 0.3 is 0 Å². The lowest BCUT2D eigenvalue weighted by Crippen LogP contribution is -2.45. The highest BCUT2D eigenvalue weighted by molar-refractivity contribution is 5.12. The Morgan fingerprint density at radius 2 is 1.71 bits per heavy atom. The molecule has 4 saturated carbocycles. The summed E-state index contributed by atoms with van der Waals surface area (Å²) in [4.78, 5) is 0. The van der Waals surface area contributed by atoms with Gasteiger partial charge in [-0.15, -0.1) is 0 Å². The van der Waals surface area contributed by atoms with E-state index >= 15 is 0 Å². The lowest BCUT2D eigenvalue weighted by molar-refractivity contribution is -0.0242. The summed E-state index contributed by atoms with van der Waals surface area (Å²) in [5, 5.41) is 18.2. The Morgan fingerprint density at radius 1 is 1.18 bits per heavy atom. The van der Waals surface area contributed by atoms with Gasteiger partial charge in [0, 0.05) is 0 Å². The van der Waals surface area contributed by atoms with Gasteiger partial charge in [-0.05, 0) is 61.7 Å². The number of hydrogen-bond donors (Lipinski definition) is 1. The van der Waals surface area contributed by atoms with Crippen LogP contribution in [0.2, 0.25) is 0 Å². The van der Waals surface area contributed by atoms with E-state index in [9.17, 15) is 5.11 Å². The van der Waals surface area contributed by atoms with E-state index in [4.69, 9.17) is 5.26 Å². The largest absolute Gasteiger partial charge is 0.388 e. The Balaban J connectivity index is 1.72. The van der Waals surface area contributed by atoms with Gasteiger partial charge in [0.15, 0.2) is 0 Å². The SMILES string of the molecule is N#CCC(O)/C=C/C12CC3CC(CC(C3)C1)C2. The van der Waals surface area contributed by atoms with E-state index in [2.05, 4.69) is 6.08 Å². The number of aliphatic hydroxyl groups is 1. The highest BCUT2D eigenvalue weighted by Gasteiger charge is 2.49. The van der Waals surface area contributed by atoms with Crippen LogP contribution in [0.25, 0.3) is 0 Å². The maximum absolute atomic E-state index is 9.64. The van der Waals surface area contributed by atoms with Crippen molar-refractivity contribution in [3.05, 3.63) is 12.2 Å². The standard InChI is InChI=1S/C15H21NO/c16-4-2-14(17)1-3-15-8-11-5-12(9-15)7-13(6-11)10-15/h1,3,11-14,17H,2,5-10H2/b3-1+.